The summed E-state index contributed by atoms with van der Waals surface area (Å²) < 4.78 is 5.58. The van der Waals surface area contributed by atoms with Crippen LogP contribution in [0.25, 0.3) is 0 Å². The number of hydrogen-bond acceptors (Lipinski definition) is 6. The second-order valence-electron chi connectivity index (χ2n) is 7.79. The maximum Gasteiger partial charge on any atom is 0.275 e. The molecule has 1 fully saturated rings. The Hall–Kier alpha value is -1.44. The molecule has 0 bridgehead atoms. The van der Waals surface area contributed by atoms with Crippen LogP contribution in [0, 0.1) is 0 Å². The lowest BCUT2D eigenvalue weighted by atomic mass is 10.1. The van der Waals surface area contributed by atoms with Crippen molar-refractivity contribution in [2.45, 2.75) is 65.5 Å². The van der Waals surface area contributed by atoms with E-state index in [0.717, 1.165) is 77.9 Å². The Bertz CT molecular complexity index is 564. The molecule has 1 atom stereocenters. The minimum absolute atomic E-state index is 0.0374. The SMILES string of the molecule is CCCC[C@H](O)CN1CCN(Cc2nc(C(=O)N(CCC)CCC)co2)CC1. The van der Waals surface area contributed by atoms with Crippen molar-refractivity contribution >= 4 is 5.91 Å². The minimum Gasteiger partial charge on any atom is -0.447 e. The normalized spacial score (nSPS) is 17.0. The summed E-state index contributed by atoms with van der Waals surface area (Å²) in [7, 11) is 0. The second kappa shape index (κ2) is 12.2. The summed E-state index contributed by atoms with van der Waals surface area (Å²) in [4.78, 5) is 23.5. The standard InChI is InChI=1S/C21H38N4O3/c1-4-7-8-18(26)15-23-11-13-24(14-12-23)16-20-22-19(17-28-20)21(27)25(9-5-2)10-6-3/h17-18,26H,4-16H2,1-3H3/t18-/m0/s1. The van der Waals surface area contributed by atoms with Gasteiger partial charge in [0.1, 0.15) is 6.26 Å². The van der Waals surface area contributed by atoms with Crippen LogP contribution in [0.4, 0.5) is 0 Å². The molecule has 7 nitrogen and oxygen atoms in total. The van der Waals surface area contributed by atoms with Crippen LogP contribution >= 0.6 is 0 Å². The number of nitrogens with zero attached hydrogens (tertiary/aromatic N) is 4. The highest BCUT2D eigenvalue weighted by atomic mass is 16.3. The maximum absolute atomic E-state index is 12.6. The number of piperazine rings is 1. The molecule has 0 aromatic carbocycles. The van der Waals surface area contributed by atoms with Crippen LogP contribution in [0.5, 0.6) is 0 Å². The molecule has 1 aromatic heterocycles. The molecule has 0 aliphatic carbocycles. The lowest BCUT2D eigenvalue weighted by molar-refractivity contribution is 0.0627. The number of β-amino-alcohol motifs (C(OH)–C–C–N with tert-alkyl or cyclic N) is 1. The molecule has 1 amide bonds. The van der Waals surface area contributed by atoms with Gasteiger partial charge in [-0.2, -0.15) is 0 Å². The summed E-state index contributed by atoms with van der Waals surface area (Å²) in [6.45, 7) is 12.9. The highest BCUT2D eigenvalue weighted by molar-refractivity contribution is 5.91. The van der Waals surface area contributed by atoms with Gasteiger partial charge in [0, 0.05) is 45.8 Å². The van der Waals surface area contributed by atoms with Crippen LogP contribution in [0.1, 0.15) is 69.3 Å². The van der Waals surface area contributed by atoms with Gasteiger partial charge in [-0.3, -0.25) is 14.6 Å². The van der Waals surface area contributed by atoms with E-state index in [1.54, 1.807) is 0 Å². The summed E-state index contributed by atoms with van der Waals surface area (Å²) in [5.41, 5.74) is 0.412. The average molecular weight is 395 g/mol. The molecule has 0 unspecified atom stereocenters. The number of hydrogen-bond donors (Lipinski definition) is 1. The van der Waals surface area contributed by atoms with Crippen molar-refractivity contribution in [3.05, 3.63) is 17.8 Å². The van der Waals surface area contributed by atoms with Crippen LogP contribution in [0.2, 0.25) is 0 Å². The summed E-state index contributed by atoms with van der Waals surface area (Å²) in [5, 5.41) is 10.1. The molecule has 2 rings (SSSR count). The van der Waals surface area contributed by atoms with Crippen molar-refractivity contribution in [3.63, 3.8) is 0 Å². The van der Waals surface area contributed by atoms with Gasteiger partial charge in [-0.15, -0.1) is 0 Å². The Morgan fingerprint density at radius 3 is 2.39 bits per heavy atom. The van der Waals surface area contributed by atoms with Gasteiger partial charge in [0.05, 0.1) is 12.6 Å². The zero-order chi connectivity index (χ0) is 20.4. The van der Waals surface area contributed by atoms with E-state index in [1.165, 1.54) is 6.26 Å². The Kier molecular flexibility index (Phi) is 9.95. The van der Waals surface area contributed by atoms with Gasteiger partial charge < -0.3 is 14.4 Å². The molecule has 28 heavy (non-hydrogen) atoms. The molecule has 1 aliphatic rings. The third kappa shape index (κ3) is 7.18. The van der Waals surface area contributed by atoms with E-state index in [1.807, 2.05) is 4.90 Å². The van der Waals surface area contributed by atoms with Crippen molar-refractivity contribution in [1.82, 2.24) is 19.7 Å². The van der Waals surface area contributed by atoms with Crippen LogP contribution < -0.4 is 0 Å². The molecule has 1 aromatic rings. The Morgan fingerprint density at radius 2 is 1.79 bits per heavy atom. The van der Waals surface area contributed by atoms with E-state index in [4.69, 9.17) is 4.42 Å². The molecule has 160 valence electrons. The zero-order valence-corrected chi connectivity index (χ0v) is 17.9. The molecule has 0 spiro atoms. The van der Waals surface area contributed by atoms with Gasteiger partial charge >= 0.3 is 0 Å². The van der Waals surface area contributed by atoms with Crippen LogP contribution in [0.3, 0.4) is 0 Å². The fourth-order valence-electron chi connectivity index (χ4n) is 3.65. The van der Waals surface area contributed by atoms with Crippen molar-refractivity contribution in [1.29, 1.82) is 0 Å². The van der Waals surface area contributed by atoms with Gasteiger partial charge in [0.15, 0.2) is 5.69 Å². The average Bonchev–Trinajstić information content (AvgIpc) is 3.15. The number of carbonyl (C=O) groups is 1. The number of rotatable bonds is 12. The van der Waals surface area contributed by atoms with E-state index < -0.39 is 0 Å². The third-order valence-corrected chi connectivity index (χ3v) is 5.23. The number of amides is 1. The lowest BCUT2D eigenvalue weighted by Crippen LogP contribution is -2.48. The Balaban J connectivity index is 1.79. The maximum atomic E-state index is 12.6. The number of aliphatic hydroxyl groups excluding tert-OH is 1. The predicted molar refractivity (Wildman–Crippen MR) is 110 cm³/mol. The molecule has 0 radical (unpaired) electrons. The fourth-order valence-corrected chi connectivity index (χ4v) is 3.65. The summed E-state index contributed by atoms with van der Waals surface area (Å²) in [5.74, 6) is 0.567. The van der Waals surface area contributed by atoms with Crippen LogP contribution in [-0.4, -0.2) is 82.6 Å². The predicted octanol–water partition coefficient (Wildman–Crippen LogP) is 2.61. The van der Waals surface area contributed by atoms with Gasteiger partial charge in [0.2, 0.25) is 5.89 Å². The van der Waals surface area contributed by atoms with Crippen LogP contribution in [0.15, 0.2) is 10.7 Å². The number of aliphatic hydroxyl groups is 1. The van der Waals surface area contributed by atoms with Crippen molar-refractivity contribution in [3.8, 4) is 0 Å². The number of oxazole rings is 1. The van der Waals surface area contributed by atoms with Gasteiger partial charge in [-0.05, 0) is 19.3 Å². The Morgan fingerprint density at radius 1 is 1.14 bits per heavy atom. The fraction of sp³-hybridized carbons (Fsp3) is 0.810. The molecule has 0 saturated carbocycles. The quantitative estimate of drug-likeness (QED) is 0.587. The monoisotopic (exact) mass is 394 g/mol. The highest BCUT2D eigenvalue weighted by Crippen LogP contribution is 2.12. The number of unbranched alkanes of at least 4 members (excludes halogenated alkanes) is 1. The first-order valence-corrected chi connectivity index (χ1v) is 10.9. The molecule has 2 heterocycles. The first kappa shape index (κ1) is 22.8. The minimum atomic E-state index is -0.221. The summed E-state index contributed by atoms with van der Waals surface area (Å²) in [6, 6.07) is 0. The summed E-state index contributed by atoms with van der Waals surface area (Å²) in [6.07, 6.45) is 6.25. The lowest BCUT2D eigenvalue weighted by Gasteiger charge is -2.35. The molecule has 1 N–H and O–H groups in total. The van der Waals surface area contributed by atoms with Crippen molar-refractivity contribution < 1.29 is 14.3 Å². The van der Waals surface area contributed by atoms with E-state index >= 15 is 0 Å². The topological polar surface area (TPSA) is 73.1 Å². The van der Waals surface area contributed by atoms with E-state index in [9.17, 15) is 9.90 Å². The second-order valence-corrected chi connectivity index (χ2v) is 7.79. The van der Waals surface area contributed by atoms with Gasteiger partial charge in [-0.25, -0.2) is 4.98 Å². The first-order chi connectivity index (χ1) is 13.6. The van der Waals surface area contributed by atoms with Gasteiger partial charge in [0.25, 0.3) is 5.91 Å². The smallest absolute Gasteiger partial charge is 0.275 e. The molecule has 1 aliphatic heterocycles. The highest BCUT2D eigenvalue weighted by Gasteiger charge is 2.22. The Labute approximate surface area is 169 Å². The first-order valence-electron chi connectivity index (χ1n) is 10.9. The van der Waals surface area contributed by atoms with Crippen molar-refractivity contribution in [2.75, 3.05) is 45.8 Å². The van der Waals surface area contributed by atoms with E-state index in [0.29, 0.717) is 18.1 Å². The number of carbonyl (C=O) groups excluding carboxylic acids is 1. The van der Waals surface area contributed by atoms with E-state index in [2.05, 4.69) is 35.6 Å². The molecular formula is C21H38N4O3. The molecule has 7 heteroatoms. The zero-order valence-electron chi connectivity index (χ0n) is 17.9. The van der Waals surface area contributed by atoms with Gasteiger partial charge in [-0.1, -0.05) is 33.6 Å². The van der Waals surface area contributed by atoms with E-state index in [-0.39, 0.29) is 12.0 Å². The van der Waals surface area contributed by atoms with Crippen molar-refractivity contribution in [2.24, 2.45) is 0 Å². The third-order valence-electron chi connectivity index (χ3n) is 5.23. The van der Waals surface area contributed by atoms with Crippen LogP contribution in [-0.2, 0) is 6.54 Å². The largest absolute Gasteiger partial charge is 0.447 e. The molecule has 1 saturated heterocycles. The molecular weight excluding hydrogens is 356 g/mol. The number of aromatic nitrogens is 1. The summed E-state index contributed by atoms with van der Waals surface area (Å²) >= 11 is 0.